The normalized spacial score (nSPS) is 17.2. The minimum atomic E-state index is -1.24. The van der Waals surface area contributed by atoms with Crippen LogP contribution in [0.4, 0.5) is 0 Å². The second-order valence-corrected chi connectivity index (χ2v) is 9.27. The average molecular weight is 546 g/mol. The molecule has 1 fully saturated rings. The van der Waals surface area contributed by atoms with Gasteiger partial charge < -0.3 is 47.8 Å². The van der Waals surface area contributed by atoms with Gasteiger partial charge in [-0.15, -0.1) is 0 Å². The smallest absolute Gasteiger partial charge is 0.326 e. The number of rotatable bonds is 14. The van der Waals surface area contributed by atoms with Crippen LogP contribution in [0.25, 0.3) is 0 Å². The molecule has 1 saturated heterocycles. The fourth-order valence-corrected chi connectivity index (χ4v) is 4.36. The molecule has 3 rings (SSSR count). The van der Waals surface area contributed by atoms with Crippen molar-refractivity contribution in [3.05, 3.63) is 36.4 Å². The molecule has 0 aliphatic carbocycles. The zero-order valence-corrected chi connectivity index (χ0v) is 21.4. The lowest BCUT2D eigenvalue weighted by molar-refractivity contribution is -0.143. The third-order valence-electron chi connectivity index (χ3n) is 6.32. The predicted octanol–water partition coefficient (Wildman–Crippen LogP) is -2.66. The Morgan fingerprint density at radius 1 is 1.08 bits per heavy atom. The second-order valence-electron chi connectivity index (χ2n) is 9.27. The first-order valence-electron chi connectivity index (χ1n) is 12.5. The number of nitrogens with zero attached hydrogens (tertiary/aromatic N) is 4. The summed E-state index contributed by atoms with van der Waals surface area (Å²) in [6.45, 7) is 0.548. The van der Waals surface area contributed by atoms with E-state index in [9.17, 15) is 24.3 Å². The van der Waals surface area contributed by atoms with Crippen LogP contribution in [0.5, 0.6) is 0 Å². The molecule has 2 aromatic heterocycles. The van der Waals surface area contributed by atoms with Crippen LogP contribution in [0, 0.1) is 0 Å². The van der Waals surface area contributed by atoms with Gasteiger partial charge in [0.05, 0.1) is 18.7 Å². The van der Waals surface area contributed by atoms with Crippen LogP contribution in [-0.2, 0) is 32.0 Å². The quantitative estimate of drug-likeness (QED) is 0.0693. The maximum absolute atomic E-state index is 13.3. The number of carboxylic acid groups (broad SMARTS) is 1. The molecule has 4 atom stereocenters. The Hall–Kier alpha value is -4.47. The standard InChI is InChI=1S/C23H35N11O5/c24-15(7-13-9-27-11-30-13)21(37)34-6-2-4-18(34)20(36)33-17(8-14-10-28-12-31-14)19(35)32-16(22(38)39)3-1-5-29-23(25)26/h9-12,15-18H,1-8,24H2,(H,27,30)(H,28,31)(H,32,35)(H,33,36)(H,38,39)(H4,25,26,29)/t15-,16-,17-,18-/m0/s1. The highest BCUT2D eigenvalue weighted by Crippen LogP contribution is 2.19. The highest BCUT2D eigenvalue weighted by Gasteiger charge is 2.38. The Labute approximate surface area is 224 Å². The van der Waals surface area contributed by atoms with Crippen molar-refractivity contribution in [1.82, 2.24) is 35.5 Å². The molecule has 1 aliphatic rings. The van der Waals surface area contributed by atoms with Gasteiger partial charge in [0.2, 0.25) is 17.7 Å². The van der Waals surface area contributed by atoms with Crippen LogP contribution >= 0.6 is 0 Å². The van der Waals surface area contributed by atoms with Gasteiger partial charge in [0.15, 0.2) is 5.96 Å². The molecule has 16 nitrogen and oxygen atoms in total. The lowest BCUT2D eigenvalue weighted by Gasteiger charge is -2.28. The average Bonchev–Trinajstić information content (AvgIpc) is 3.67. The molecule has 0 unspecified atom stereocenters. The fraction of sp³-hybridized carbons (Fsp3) is 0.522. The molecule has 0 radical (unpaired) electrons. The van der Waals surface area contributed by atoms with Crippen LogP contribution in [0.3, 0.4) is 0 Å². The first-order chi connectivity index (χ1) is 18.7. The zero-order valence-electron chi connectivity index (χ0n) is 21.4. The maximum Gasteiger partial charge on any atom is 0.326 e. The highest BCUT2D eigenvalue weighted by atomic mass is 16.4. The summed E-state index contributed by atoms with van der Waals surface area (Å²) in [6.07, 6.45) is 7.61. The van der Waals surface area contributed by atoms with Crippen molar-refractivity contribution in [2.24, 2.45) is 22.2 Å². The van der Waals surface area contributed by atoms with E-state index in [-0.39, 0.29) is 37.7 Å². The predicted molar refractivity (Wildman–Crippen MR) is 139 cm³/mol. The first-order valence-corrected chi connectivity index (χ1v) is 12.5. The van der Waals surface area contributed by atoms with Crippen molar-refractivity contribution in [3.63, 3.8) is 0 Å². The summed E-state index contributed by atoms with van der Waals surface area (Å²) >= 11 is 0. The van der Waals surface area contributed by atoms with Crippen molar-refractivity contribution in [2.75, 3.05) is 13.1 Å². The lowest BCUT2D eigenvalue weighted by atomic mass is 10.1. The molecule has 16 heteroatoms. The highest BCUT2D eigenvalue weighted by molar-refractivity contribution is 5.94. The second kappa shape index (κ2) is 13.9. The van der Waals surface area contributed by atoms with Crippen molar-refractivity contribution >= 4 is 29.7 Å². The minimum Gasteiger partial charge on any atom is -0.480 e. The number of aromatic nitrogens is 4. The third-order valence-corrected chi connectivity index (χ3v) is 6.32. The Morgan fingerprint density at radius 2 is 1.74 bits per heavy atom. The van der Waals surface area contributed by atoms with E-state index in [1.165, 1.54) is 23.8 Å². The SMILES string of the molecule is NC(N)=NCCC[C@H](NC(=O)[C@H](Cc1cnc[nH]1)NC(=O)[C@@H]1CCCN1C(=O)[C@@H](N)Cc1cnc[nH]1)C(=O)O. The Balaban J connectivity index is 1.67. The summed E-state index contributed by atoms with van der Waals surface area (Å²) in [5.41, 5.74) is 17.9. The van der Waals surface area contributed by atoms with Crippen LogP contribution < -0.4 is 27.8 Å². The number of guanidine groups is 1. The number of nitrogens with one attached hydrogen (secondary N) is 4. The van der Waals surface area contributed by atoms with Crippen LogP contribution in [0.15, 0.2) is 30.0 Å². The maximum atomic E-state index is 13.3. The third kappa shape index (κ3) is 8.53. The molecule has 3 heterocycles. The van der Waals surface area contributed by atoms with Crippen LogP contribution in [-0.4, -0.2) is 96.8 Å². The van der Waals surface area contributed by atoms with Gasteiger partial charge >= 0.3 is 5.97 Å². The number of hydrogen-bond acceptors (Lipinski definition) is 8. The lowest BCUT2D eigenvalue weighted by Crippen LogP contribution is -2.57. The Bertz CT molecular complexity index is 1130. The number of amides is 3. The largest absolute Gasteiger partial charge is 0.480 e. The molecule has 0 spiro atoms. The summed E-state index contributed by atoms with van der Waals surface area (Å²) in [5, 5.41) is 14.8. The van der Waals surface area contributed by atoms with Gasteiger partial charge in [0.1, 0.15) is 18.1 Å². The number of aliphatic imine (C=N–C) groups is 1. The van der Waals surface area contributed by atoms with Crippen molar-refractivity contribution in [2.45, 2.75) is 62.7 Å². The van der Waals surface area contributed by atoms with Gasteiger partial charge in [0, 0.05) is 49.7 Å². The van der Waals surface area contributed by atoms with Crippen molar-refractivity contribution < 1.29 is 24.3 Å². The molecular weight excluding hydrogens is 510 g/mol. The van der Waals surface area contributed by atoms with Gasteiger partial charge in [0.25, 0.3) is 0 Å². The van der Waals surface area contributed by atoms with E-state index in [0.29, 0.717) is 37.2 Å². The summed E-state index contributed by atoms with van der Waals surface area (Å²) in [4.78, 5) is 70.2. The number of aromatic amines is 2. The number of carbonyl (C=O) groups is 4. The van der Waals surface area contributed by atoms with Gasteiger partial charge in [-0.2, -0.15) is 0 Å². The summed E-state index contributed by atoms with van der Waals surface area (Å²) in [7, 11) is 0. The number of nitrogens with two attached hydrogens (primary N) is 3. The molecule has 39 heavy (non-hydrogen) atoms. The van der Waals surface area contributed by atoms with Crippen molar-refractivity contribution in [3.8, 4) is 0 Å². The monoisotopic (exact) mass is 545 g/mol. The molecule has 212 valence electrons. The Kier molecular flexibility index (Phi) is 10.4. The van der Waals surface area contributed by atoms with E-state index < -0.39 is 42.0 Å². The zero-order chi connectivity index (χ0) is 28.4. The van der Waals surface area contributed by atoms with E-state index >= 15 is 0 Å². The molecule has 0 aromatic carbocycles. The molecule has 0 saturated carbocycles. The summed E-state index contributed by atoms with van der Waals surface area (Å²) in [6, 6.07) is -4.05. The van der Waals surface area contributed by atoms with Crippen LogP contribution in [0.2, 0.25) is 0 Å². The summed E-state index contributed by atoms with van der Waals surface area (Å²) < 4.78 is 0. The molecule has 2 aromatic rings. The van der Waals surface area contributed by atoms with E-state index in [1.54, 1.807) is 6.20 Å². The molecule has 0 bridgehead atoms. The fourth-order valence-electron chi connectivity index (χ4n) is 4.36. The number of aliphatic carboxylic acids is 1. The molecular formula is C23H35N11O5. The van der Waals surface area contributed by atoms with E-state index in [1.807, 2.05) is 0 Å². The number of imidazole rings is 2. The molecule has 3 amide bonds. The first kappa shape index (κ1) is 29.1. The number of H-pyrrole nitrogens is 2. The van der Waals surface area contributed by atoms with Gasteiger partial charge in [-0.05, 0) is 25.7 Å². The number of carboxylic acids is 1. The van der Waals surface area contributed by atoms with Gasteiger partial charge in [-0.3, -0.25) is 19.4 Å². The Morgan fingerprint density at radius 3 is 2.33 bits per heavy atom. The number of carbonyl (C=O) groups excluding carboxylic acids is 3. The molecule has 1 aliphatic heterocycles. The number of likely N-dealkylation sites (tertiary alicyclic amines) is 1. The van der Waals surface area contributed by atoms with Crippen LogP contribution in [0.1, 0.15) is 37.1 Å². The summed E-state index contributed by atoms with van der Waals surface area (Å²) in [5.74, 6) is -2.97. The molecule has 11 N–H and O–H groups in total. The van der Waals surface area contributed by atoms with Gasteiger partial charge in [-0.1, -0.05) is 0 Å². The number of hydrogen-bond donors (Lipinski definition) is 8. The topological polar surface area (TPSA) is 264 Å². The van der Waals surface area contributed by atoms with E-state index in [2.05, 4.69) is 35.6 Å². The van der Waals surface area contributed by atoms with Gasteiger partial charge in [-0.25, -0.2) is 14.8 Å². The van der Waals surface area contributed by atoms with E-state index in [4.69, 9.17) is 17.2 Å². The minimum absolute atomic E-state index is 0.0257. The van der Waals surface area contributed by atoms with E-state index in [0.717, 1.165) is 0 Å². The van der Waals surface area contributed by atoms with Crippen molar-refractivity contribution in [1.29, 1.82) is 0 Å².